The number of fused-ring (bicyclic) bond motifs is 3. The van der Waals surface area contributed by atoms with Crippen LogP contribution in [0.3, 0.4) is 0 Å². The van der Waals surface area contributed by atoms with Crippen molar-refractivity contribution in [3.8, 4) is 0 Å². The monoisotopic (exact) mass is 464 g/mol. The Morgan fingerprint density at radius 3 is 2.85 bits per heavy atom. The lowest BCUT2D eigenvalue weighted by Gasteiger charge is -2.36. The predicted octanol–water partition coefficient (Wildman–Crippen LogP) is 2.32. The van der Waals surface area contributed by atoms with Crippen LogP contribution in [0, 0.1) is 11.7 Å². The molecule has 4 heterocycles. The largest absolute Gasteiger partial charge is 0.385 e. The highest BCUT2D eigenvalue weighted by molar-refractivity contribution is 5.86. The summed E-state index contributed by atoms with van der Waals surface area (Å²) in [5.41, 5.74) is 11.3. The third-order valence-corrected chi connectivity index (χ3v) is 7.80. The summed E-state index contributed by atoms with van der Waals surface area (Å²) in [4.78, 5) is 12.5. The van der Waals surface area contributed by atoms with Crippen molar-refractivity contribution in [1.82, 2.24) is 19.5 Å². The number of nitrogen functional groups attached to an aromatic ring is 2. The van der Waals surface area contributed by atoms with Crippen LogP contribution in [0.15, 0.2) is 42.9 Å². The fourth-order valence-electron chi connectivity index (χ4n) is 5.78. The predicted molar refractivity (Wildman–Crippen MR) is 124 cm³/mol. The van der Waals surface area contributed by atoms with Crippen LogP contribution in [-0.2, 0) is 11.2 Å². The first-order valence-corrected chi connectivity index (χ1v) is 11.2. The number of aliphatic hydroxyl groups excluding tert-OH is 1. The molecule has 1 saturated heterocycles. The molecule has 176 valence electrons. The van der Waals surface area contributed by atoms with Gasteiger partial charge in [0.2, 0.25) is 0 Å². The quantitative estimate of drug-likeness (QED) is 0.361. The first-order chi connectivity index (χ1) is 16.2. The standard InChI is InChI=1S/C24H25FN6O3/c1-23-14(8-12-2-3-13-10-16(25)20(27)30-17(13)9-12)4-6-24(23,33)18(32)22(34-23)31-7-5-15-19(26)28-11-29-21(15)31/h2-3,5,7,9-11,14,18,22,32-33H,4,6,8H2,1H3,(H2,27,30)(H2,26,28,29)/t14-,18?,22+,23+,24-/m0/s1. The zero-order chi connectivity index (χ0) is 23.8. The van der Waals surface area contributed by atoms with Crippen LogP contribution in [0.25, 0.3) is 21.9 Å². The number of aliphatic hydroxyl groups is 2. The maximum absolute atomic E-state index is 13.8. The Balaban J connectivity index is 1.33. The molecule has 9 nitrogen and oxygen atoms in total. The maximum atomic E-state index is 13.8. The van der Waals surface area contributed by atoms with Gasteiger partial charge in [-0.15, -0.1) is 0 Å². The summed E-state index contributed by atoms with van der Waals surface area (Å²) in [6.07, 6.45) is 2.78. The van der Waals surface area contributed by atoms with E-state index in [1.54, 1.807) is 16.8 Å². The highest BCUT2D eigenvalue weighted by atomic mass is 19.1. The minimum absolute atomic E-state index is 0.0751. The molecule has 1 aromatic carbocycles. The number of halogens is 1. The zero-order valence-electron chi connectivity index (χ0n) is 18.5. The number of hydrogen-bond donors (Lipinski definition) is 4. The van der Waals surface area contributed by atoms with Crippen LogP contribution in [0.1, 0.15) is 31.6 Å². The zero-order valence-corrected chi connectivity index (χ0v) is 18.5. The summed E-state index contributed by atoms with van der Waals surface area (Å²) < 4.78 is 21.9. The van der Waals surface area contributed by atoms with Gasteiger partial charge in [-0.2, -0.15) is 0 Å². The van der Waals surface area contributed by atoms with Crippen molar-refractivity contribution in [2.75, 3.05) is 11.5 Å². The molecule has 0 amide bonds. The second-order valence-electron chi connectivity index (χ2n) is 9.53. The number of aromatic nitrogens is 4. The Bertz CT molecular complexity index is 1440. The molecule has 1 saturated carbocycles. The number of benzene rings is 1. The van der Waals surface area contributed by atoms with Gasteiger partial charge < -0.3 is 31.0 Å². The number of nitrogens with zero attached hydrogens (tertiary/aromatic N) is 4. The third kappa shape index (κ3) is 2.79. The van der Waals surface area contributed by atoms with E-state index in [1.807, 2.05) is 25.1 Å². The van der Waals surface area contributed by atoms with Crippen molar-refractivity contribution in [2.24, 2.45) is 5.92 Å². The fraction of sp³-hybridized carbons (Fsp3) is 0.375. The molecule has 34 heavy (non-hydrogen) atoms. The second-order valence-corrected chi connectivity index (χ2v) is 9.53. The van der Waals surface area contributed by atoms with Gasteiger partial charge in [0.15, 0.2) is 17.9 Å². The Kier molecular flexibility index (Phi) is 4.42. The molecule has 0 spiro atoms. The Morgan fingerprint density at radius 1 is 1.21 bits per heavy atom. The molecule has 0 radical (unpaired) electrons. The average molecular weight is 465 g/mol. The van der Waals surface area contributed by atoms with Crippen LogP contribution in [-0.4, -0.2) is 47.0 Å². The van der Waals surface area contributed by atoms with Crippen molar-refractivity contribution >= 4 is 33.6 Å². The molecule has 4 aromatic rings. The van der Waals surface area contributed by atoms with E-state index < -0.39 is 29.4 Å². The molecule has 1 aliphatic heterocycles. The molecule has 2 fully saturated rings. The van der Waals surface area contributed by atoms with Gasteiger partial charge in [-0.05, 0) is 55.9 Å². The average Bonchev–Trinajstić information content (AvgIpc) is 3.40. The van der Waals surface area contributed by atoms with Gasteiger partial charge in [0.1, 0.15) is 35.1 Å². The summed E-state index contributed by atoms with van der Waals surface area (Å²) in [5.74, 6) is -0.420. The van der Waals surface area contributed by atoms with E-state index in [1.165, 1.54) is 12.4 Å². The van der Waals surface area contributed by atoms with Gasteiger partial charge in [-0.25, -0.2) is 19.3 Å². The molecule has 10 heteroatoms. The van der Waals surface area contributed by atoms with Crippen molar-refractivity contribution < 1.29 is 19.3 Å². The first kappa shape index (κ1) is 21.2. The van der Waals surface area contributed by atoms with Gasteiger partial charge >= 0.3 is 0 Å². The molecule has 2 aliphatic rings. The van der Waals surface area contributed by atoms with Crippen molar-refractivity contribution in [3.63, 3.8) is 0 Å². The van der Waals surface area contributed by atoms with Crippen LogP contribution in [0.4, 0.5) is 16.0 Å². The van der Waals surface area contributed by atoms with E-state index in [-0.39, 0.29) is 11.7 Å². The molecule has 1 unspecified atom stereocenters. The summed E-state index contributed by atoms with van der Waals surface area (Å²) in [6.45, 7) is 1.86. The van der Waals surface area contributed by atoms with Crippen molar-refractivity contribution in [2.45, 2.75) is 49.7 Å². The van der Waals surface area contributed by atoms with E-state index >= 15 is 0 Å². The summed E-state index contributed by atoms with van der Waals surface area (Å²) >= 11 is 0. The molecular weight excluding hydrogens is 439 g/mol. The number of anilines is 2. The van der Waals surface area contributed by atoms with Gasteiger partial charge in [0, 0.05) is 11.6 Å². The minimum atomic E-state index is -1.43. The molecule has 1 aliphatic carbocycles. The van der Waals surface area contributed by atoms with Crippen LogP contribution in [0.2, 0.25) is 0 Å². The minimum Gasteiger partial charge on any atom is -0.385 e. The first-order valence-electron chi connectivity index (χ1n) is 11.2. The van der Waals surface area contributed by atoms with E-state index in [4.69, 9.17) is 16.2 Å². The van der Waals surface area contributed by atoms with Gasteiger partial charge in [-0.1, -0.05) is 12.1 Å². The van der Waals surface area contributed by atoms with Crippen molar-refractivity contribution in [1.29, 1.82) is 0 Å². The highest BCUT2D eigenvalue weighted by Crippen LogP contribution is 2.57. The van der Waals surface area contributed by atoms with Crippen LogP contribution in [0.5, 0.6) is 0 Å². The van der Waals surface area contributed by atoms with E-state index in [2.05, 4.69) is 15.0 Å². The third-order valence-electron chi connectivity index (χ3n) is 7.80. The smallest absolute Gasteiger partial charge is 0.165 e. The van der Waals surface area contributed by atoms with Gasteiger partial charge in [0.25, 0.3) is 0 Å². The highest BCUT2D eigenvalue weighted by Gasteiger charge is 2.68. The van der Waals surface area contributed by atoms with Crippen LogP contribution < -0.4 is 11.5 Å². The number of rotatable bonds is 3. The molecule has 0 bridgehead atoms. The summed E-state index contributed by atoms with van der Waals surface area (Å²) in [7, 11) is 0. The maximum Gasteiger partial charge on any atom is 0.165 e. The fourth-order valence-corrected chi connectivity index (χ4v) is 5.78. The number of ether oxygens (including phenoxy) is 1. The molecule has 6 rings (SSSR count). The van der Waals surface area contributed by atoms with Gasteiger partial charge in [0.05, 0.1) is 10.9 Å². The molecule has 6 N–H and O–H groups in total. The Labute approximate surface area is 194 Å². The van der Waals surface area contributed by atoms with Gasteiger partial charge in [-0.3, -0.25) is 0 Å². The lowest BCUT2D eigenvalue weighted by Crippen LogP contribution is -2.53. The number of hydrogen-bond acceptors (Lipinski definition) is 8. The van der Waals surface area contributed by atoms with Crippen molar-refractivity contribution in [3.05, 3.63) is 54.2 Å². The Morgan fingerprint density at radius 2 is 2.03 bits per heavy atom. The normalized spacial score (nSPS) is 30.9. The summed E-state index contributed by atoms with van der Waals surface area (Å²) in [5, 5.41) is 24.2. The molecule has 5 atom stereocenters. The lowest BCUT2D eigenvalue weighted by molar-refractivity contribution is -0.137. The van der Waals surface area contributed by atoms with Crippen LogP contribution >= 0.6 is 0 Å². The van der Waals surface area contributed by atoms with E-state index in [0.717, 1.165) is 5.56 Å². The number of pyridine rings is 1. The second kappa shape index (κ2) is 7.08. The van der Waals surface area contributed by atoms with E-state index in [9.17, 15) is 14.6 Å². The summed E-state index contributed by atoms with van der Waals surface area (Å²) in [6, 6.07) is 8.76. The van der Waals surface area contributed by atoms with E-state index in [0.29, 0.717) is 47.0 Å². The molecule has 3 aromatic heterocycles. The SMILES string of the molecule is C[C@]12O[C@@H](n3ccc4c(N)ncnc43)C(O)[C@@]1(O)CC[C@H]2Cc1ccc2cc(F)c(N)nc2c1. The Hall–Kier alpha value is -3.34. The lowest BCUT2D eigenvalue weighted by atomic mass is 9.78. The molecular formula is C24H25FN6O3. The topological polar surface area (TPSA) is 145 Å². The number of nitrogens with two attached hydrogens (primary N) is 2.